The van der Waals surface area contributed by atoms with Crippen molar-refractivity contribution < 1.29 is 9.53 Å². The Bertz CT molecular complexity index is 310. The Labute approximate surface area is 77.5 Å². The topological polar surface area (TPSA) is 44.1 Å². The zero-order valence-electron chi connectivity index (χ0n) is 8.37. The molecule has 72 valence electrons. The summed E-state index contributed by atoms with van der Waals surface area (Å²) < 4.78 is 6.67. The standard InChI is InChI=1S/C9H14N2O2/c1-9(2,3)11-5-7(6-12)8(10-11)13-4/h5-6H,1-4H3. The fourth-order valence-corrected chi connectivity index (χ4v) is 0.955. The maximum absolute atomic E-state index is 10.6. The van der Waals surface area contributed by atoms with Gasteiger partial charge in [0.2, 0.25) is 5.88 Å². The molecule has 0 aromatic carbocycles. The molecule has 0 unspecified atom stereocenters. The third-order valence-corrected chi connectivity index (χ3v) is 1.71. The zero-order valence-corrected chi connectivity index (χ0v) is 8.37. The Morgan fingerprint density at radius 2 is 2.15 bits per heavy atom. The molecule has 0 aliphatic carbocycles. The number of carbonyl (C=O) groups is 1. The highest BCUT2D eigenvalue weighted by Gasteiger charge is 2.17. The van der Waals surface area contributed by atoms with Gasteiger partial charge in [-0.2, -0.15) is 0 Å². The number of ether oxygens (including phenoxy) is 1. The Morgan fingerprint density at radius 3 is 2.46 bits per heavy atom. The number of methoxy groups -OCH3 is 1. The summed E-state index contributed by atoms with van der Waals surface area (Å²) >= 11 is 0. The van der Waals surface area contributed by atoms with Crippen molar-refractivity contribution in [1.29, 1.82) is 0 Å². The summed E-state index contributed by atoms with van der Waals surface area (Å²) in [5.41, 5.74) is 0.353. The highest BCUT2D eigenvalue weighted by Crippen LogP contribution is 2.19. The van der Waals surface area contributed by atoms with Gasteiger partial charge in [-0.05, 0) is 20.8 Å². The Balaban J connectivity index is 3.14. The number of aldehydes is 1. The fourth-order valence-electron chi connectivity index (χ4n) is 0.955. The lowest BCUT2D eigenvalue weighted by atomic mass is 10.1. The summed E-state index contributed by atoms with van der Waals surface area (Å²) in [5, 5.41) is 4.13. The lowest BCUT2D eigenvalue weighted by Gasteiger charge is -2.18. The second-order valence-corrected chi connectivity index (χ2v) is 3.83. The van der Waals surface area contributed by atoms with Crippen molar-refractivity contribution in [1.82, 2.24) is 9.78 Å². The smallest absolute Gasteiger partial charge is 0.243 e. The minimum Gasteiger partial charge on any atom is -0.479 e. The van der Waals surface area contributed by atoms with Crippen LogP contribution in [0.1, 0.15) is 31.1 Å². The number of rotatable bonds is 2. The molecule has 0 amide bonds. The summed E-state index contributed by atoms with van der Waals surface area (Å²) in [7, 11) is 1.50. The van der Waals surface area contributed by atoms with Crippen LogP contribution in [-0.2, 0) is 5.54 Å². The average Bonchev–Trinajstić information content (AvgIpc) is 2.45. The molecule has 0 saturated carbocycles. The van der Waals surface area contributed by atoms with Crippen LogP contribution in [0.4, 0.5) is 0 Å². The third-order valence-electron chi connectivity index (χ3n) is 1.71. The monoisotopic (exact) mass is 182 g/mol. The van der Waals surface area contributed by atoms with Gasteiger partial charge in [-0.3, -0.25) is 9.48 Å². The maximum atomic E-state index is 10.6. The molecule has 13 heavy (non-hydrogen) atoms. The van der Waals surface area contributed by atoms with Gasteiger partial charge < -0.3 is 4.74 Å². The van der Waals surface area contributed by atoms with Gasteiger partial charge in [0.15, 0.2) is 6.29 Å². The molecule has 0 spiro atoms. The Hall–Kier alpha value is -1.32. The molecule has 1 aromatic heterocycles. The number of nitrogens with zero attached hydrogens (tertiary/aromatic N) is 2. The molecule has 0 N–H and O–H groups in total. The largest absolute Gasteiger partial charge is 0.479 e. The molecule has 0 atom stereocenters. The van der Waals surface area contributed by atoms with Crippen molar-refractivity contribution in [2.24, 2.45) is 0 Å². The van der Waals surface area contributed by atoms with Crippen molar-refractivity contribution in [3.05, 3.63) is 11.8 Å². The van der Waals surface area contributed by atoms with E-state index in [1.165, 1.54) is 7.11 Å². The third kappa shape index (κ3) is 1.88. The first-order valence-electron chi connectivity index (χ1n) is 4.08. The van der Waals surface area contributed by atoms with Crippen molar-refractivity contribution in [3.63, 3.8) is 0 Å². The molecule has 4 nitrogen and oxygen atoms in total. The molecule has 0 fully saturated rings. The number of aromatic nitrogens is 2. The van der Waals surface area contributed by atoms with Crippen LogP contribution in [0.15, 0.2) is 6.20 Å². The van der Waals surface area contributed by atoms with Gasteiger partial charge in [-0.1, -0.05) is 0 Å². The van der Waals surface area contributed by atoms with E-state index in [0.29, 0.717) is 11.4 Å². The molecule has 1 heterocycles. The maximum Gasteiger partial charge on any atom is 0.243 e. The van der Waals surface area contributed by atoms with Crippen LogP contribution in [0.2, 0.25) is 0 Å². The summed E-state index contributed by atoms with van der Waals surface area (Å²) in [5.74, 6) is 0.380. The van der Waals surface area contributed by atoms with E-state index in [1.807, 2.05) is 20.8 Å². The van der Waals surface area contributed by atoms with E-state index in [-0.39, 0.29) is 5.54 Å². The van der Waals surface area contributed by atoms with E-state index >= 15 is 0 Å². The molecule has 0 aliphatic rings. The summed E-state index contributed by atoms with van der Waals surface area (Å²) in [6, 6.07) is 0. The Kier molecular flexibility index (Phi) is 2.40. The molecular weight excluding hydrogens is 168 g/mol. The molecule has 1 aromatic rings. The fraction of sp³-hybridized carbons (Fsp3) is 0.556. The van der Waals surface area contributed by atoms with Crippen LogP contribution in [0.5, 0.6) is 5.88 Å². The number of hydrogen-bond acceptors (Lipinski definition) is 3. The molecule has 0 aliphatic heterocycles. The van der Waals surface area contributed by atoms with Crippen LogP contribution in [0, 0.1) is 0 Å². The zero-order chi connectivity index (χ0) is 10.1. The quantitative estimate of drug-likeness (QED) is 0.650. The minimum atomic E-state index is -0.130. The van der Waals surface area contributed by atoms with Gasteiger partial charge in [-0.15, -0.1) is 5.10 Å². The highest BCUT2D eigenvalue weighted by molar-refractivity contribution is 5.77. The summed E-state index contributed by atoms with van der Waals surface area (Å²) in [4.78, 5) is 10.6. The van der Waals surface area contributed by atoms with Gasteiger partial charge >= 0.3 is 0 Å². The molecule has 0 radical (unpaired) electrons. The summed E-state index contributed by atoms with van der Waals surface area (Å²) in [6.45, 7) is 6.02. The Morgan fingerprint density at radius 1 is 1.54 bits per heavy atom. The number of hydrogen-bond donors (Lipinski definition) is 0. The van der Waals surface area contributed by atoms with E-state index in [0.717, 1.165) is 6.29 Å². The first-order chi connectivity index (χ1) is 5.99. The molecule has 0 saturated heterocycles. The molecule has 4 heteroatoms. The first-order valence-corrected chi connectivity index (χ1v) is 4.08. The van der Waals surface area contributed by atoms with Crippen LogP contribution < -0.4 is 4.74 Å². The highest BCUT2D eigenvalue weighted by atomic mass is 16.5. The van der Waals surface area contributed by atoms with E-state index in [1.54, 1.807) is 10.9 Å². The lowest BCUT2D eigenvalue weighted by Crippen LogP contribution is -2.22. The first kappa shape index (κ1) is 9.77. The minimum absolute atomic E-state index is 0.130. The van der Waals surface area contributed by atoms with Crippen LogP contribution in [0.3, 0.4) is 0 Å². The van der Waals surface area contributed by atoms with E-state index in [4.69, 9.17) is 4.74 Å². The van der Waals surface area contributed by atoms with E-state index < -0.39 is 0 Å². The van der Waals surface area contributed by atoms with Crippen molar-refractivity contribution in [2.75, 3.05) is 7.11 Å². The van der Waals surface area contributed by atoms with E-state index in [9.17, 15) is 4.79 Å². The van der Waals surface area contributed by atoms with Gasteiger partial charge in [0.25, 0.3) is 0 Å². The van der Waals surface area contributed by atoms with Crippen LogP contribution in [-0.4, -0.2) is 23.2 Å². The van der Waals surface area contributed by atoms with Gasteiger partial charge in [0.1, 0.15) is 0 Å². The predicted octanol–water partition coefficient (Wildman–Crippen LogP) is 1.46. The lowest BCUT2D eigenvalue weighted by molar-refractivity contribution is 0.112. The van der Waals surface area contributed by atoms with Crippen molar-refractivity contribution >= 4 is 6.29 Å². The number of carbonyl (C=O) groups excluding carboxylic acids is 1. The van der Waals surface area contributed by atoms with Crippen molar-refractivity contribution in [3.8, 4) is 5.88 Å². The van der Waals surface area contributed by atoms with E-state index in [2.05, 4.69) is 5.10 Å². The second-order valence-electron chi connectivity index (χ2n) is 3.83. The van der Waals surface area contributed by atoms with Crippen molar-refractivity contribution in [2.45, 2.75) is 26.3 Å². The van der Waals surface area contributed by atoms with Crippen LogP contribution in [0.25, 0.3) is 0 Å². The van der Waals surface area contributed by atoms with Crippen LogP contribution >= 0.6 is 0 Å². The second kappa shape index (κ2) is 3.20. The summed E-state index contributed by atoms with van der Waals surface area (Å²) in [6.07, 6.45) is 2.43. The normalized spacial score (nSPS) is 11.4. The molecule has 0 bridgehead atoms. The van der Waals surface area contributed by atoms with Gasteiger partial charge in [0.05, 0.1) is 18.2 Å². The SMILES string of the molecule is COc1nn(C(C)(C)C)cc1C=O. The molecule has 1 rings (SSSR count). The van der Waals surface area contributed by atoms with Gasteiger partial charge in [0, 0.05) is 6.20 Å². The average molecular weight is 182 g/mol. The van der Waals surface area contributed by atoms with Gasteiger partial charge in [-0.25, -0.2) is 0 Å². The molecular formula is C9H14N2O2. The predicted molar refractivity (Wildman–Crippen MR) is 49.2 cm³/mol.